The number of ether oxygens (including phenoxy) is 1. The predicted octanol–water partition coefficient (Wildman–Crippen LogP) is 1.76. The van der Waals surface area contributed by atoms with Gasteiger partial charge in [0.2, 0.25) is 5.91 Å². The number of hydrogen-bond donors (Lipinski definition) is 2. The van der Waals surface area contributed by atoms with Crippen molar-refractivity contribution in [3.63, 3.8) is 0 Å². The average molecular weight is 309 g/mol. The molecule has 0 fully saturated rings. The minimum Gasteiger partial charge on any atom is -0.495 e. The summed E-state index contributed by atoms with van der Waals surface area (Å²) >= 11 is 6.04. The Labute approximate surface area is 127 Å². The molecule has 2 rings (SSSR count). The van der Waals surface area contributed by atoms with Crippen LogP contribution in [0.3, 0.4) is 0 Å². The van der Waals surface area contributed by atoms with Crippen LogP contribution in [0.5, 0.6) is 5.75 Å². The van der Waals surface area contributed by atoms with Gasteiger partial charge in [-0.3, -0.25) is 9.89 Å². The van der Waals surface area contributed by atoms with Crippen molar-refractivity contribution in [1.29, 1.82) is 0 Å². The number of nitrogens with zero attached hydrogens (tertiary/aromatic N) is 2. The topological polar surface area (TPSA) is 79.9 Å². The van der Waals surface area contributed by atoms with E-state index in [9.17, 15) is 4.79 Å². The molecule has 112 valence electrons. The van der Waals surface area contributed by atoms with E-state index in [2.05, 4.69) is 20.5 Å². The Balaban J connectivity index is 1.72. The van der Waals surface area contributed by atoms with Crippen LogP contribution in [0.2, 0.25) is 5.02 Å². The number of aromatic nitrogens is 3. The normalized spacial score (nSPS) is 10.4. The van der Waals surface area contributed by atoms with E-state index >= 15 is 0 Å². The predicted molar refractivity (Wildman–Crippen MR) is 79.4 cm³/mol. The fourth-order valence-electron chi connectivity index (χ4n) is 1.88. The summed E-state index contributed by atoms with van der Waals surface area (Å²) in [5, 5.41) is 9.89. The van der Waals surface area contributed by atoms with E-state index in [-0.39, 0.29) is 5.91 Å². The number of rotatable bonds is 7. The van der Waals surface area contributed by atoms with Crippen molar-refractivity contribution in [2.24, 2.45) is 0 Å². The molecule has 0 aliphatic rings. The number of carbonyl (C=O) groups is 1. The van der Waals surface area contributed by atoms with Gasteiger partial charge in [-0.2, -0.15) is 5.10 Å². The molecule has 6 nitrogen and oxygen atoms in total. The highest BCUT2D eigenvalue weighted by Gasteiger charge is 2.05. The van der Waals surface area contributed by atoms with Gasteiger partial charge in [-0.05, 0) is 24.1 Å². The number of H-pyrrole nitrogens is 1. The molecule has 0 saturated heterocycles. The Hall–Kier alpha value is -2.08. The van der Waals surface area contributed by atoms with Gasteiger partial charge >= 0.3 is 0 Å². The summed E-state index contributed by atoms with van der Waals surface area (Å²) in [6.07, 6.45) is 3.14. The lowest BCUT2D eigenvalue weighted by Crippen LogP contribution is -2.26. The van der Waals surface area contributed by atoms with Crippen LogP contribution in [0.25, 0.3) is 0 Å². The zero-order chi connectivity index (χ0) is 15.1. The Kier molecular flexibility index (Phi) is 5.57. The highest BCUT2D eigenvalue weighted by atomic mass is 35.5. The molecule has 0 aliphatic carbocycles. The summed E-state index contributed by atoms with van der Waals surface area (Å²) in [5.74, 6) is 1.40. The van der Waals surface area contributed by atoms with Gasteiger partial charge in [0.15, 0.2) is 0 Å². The lowest BCUT2D eigenvalue weighted by molar-refractivity contribution is -0.121. The van der Waals surface area contributed by atoms with Crippen molar-refractivity contribution in [3.05, 3.63) is 40.9 Å². The lowest BCUT2D eigenvalue weighted by atomic mass is 10.1. The van der Waals surface area contributed by atoms with Crippen LogP contribution in [0.4, 0.5) is 0 Å². The molecule has 0 saturated carbocycles. The van der Waals surface area contributed by atoms with E-state index in [0.717, 1.165) is 11.4 Å². The fraction of sp³-hybridized carbons (Fsp3) is 0.357. The first-order valence-electron chi connectivity index (χ1n) is 6.62. The van der Waals surface area contributed by atoms with Crippen molar-refractivity contribution in [3.8, 4) is 5.75 Å². The number of halogens is 1. The number of aromatic amines is 1. The van der Waals surface area contributed by atoms with Gasteiger partial charge in [0.25, 0.3) is 0 Å². The van der Waals surface area contributed by atoms with Gasteiger partial charge in [-0.25, -0.2) is 4.98 Å². The summed E-state index contributed by atoms with van der Waals surface area (Å²) in [5.41, 5.74) is 1.01. The molecule has 21 heavy (non-hydrogen) atoms. The molecule has 0 spiro atoms. The summed E-state index contributed by atoms with van der Waals surface area (Å²) in [6, 6.07) is 5.54. The molecule has 0 aliphatic heterocycles. The van der Waals surface area contributed by atoms with Crippen LogP contribution >= 0.6 is 11.6 Å². The first-order valence-corrected chi connectivity index (χ1v) is 7.00. The van der Waals surface area contributed by atoms with Crippen LogP contribution in [-0.4, -0.2) is 34.7 Å². The number of benzene rings is 1. The second kappa shape index (κ2) is 7.64. The highest BCUT2D eigenvalue weighted by molar-refractivity contribution is 6.32. The fourth-order valence-corrected chi connectivity index (χ4v) is 2.16. The molecule has 0 atom stereocenters. The third kappa shape index (κ3) is 4.75. The molecule has 2 aromatic rings. The molecule has 1 aromatic heterocycles. The molecular weight excluding hydrogens is 292 g/mol. The van der Waals surface area contributed by atoms with E-state index in [1.807, 2.05) is 12.1 Å². The van der Waals surface area contributed by atoms with Gasteiger partial charge in [0.1, 0.15) is 17.9 Å². The molecule has 0 radical (unpaired) electrons. The zero-order valence-electron chi connectivity index (χ0n) is 11.7. The van der Waals surface area contributed by atoms with Crippen LogP contribution in [0.1, 0.15) is 17.8 Å². The van der Waals surface area contributed by atoms with Crippen molar-refractivity contribution in [2.75, 3.05) is 13.7 Å². The zero-order valence-corrected chi connectivity index (χ0v) is 12.5. The smallest absolute Gasteiger partial charge is 0.220 e. The lowest BCUT2D eigenvalue weighted by Gasteiger charge is -2.07. The number of methoxy groups -OCH3 is 1. The van der Waals surface area contributed by atoms with Gasteiger partial charge in [0.05, 0.1) is 12.1 Å². The first kappa shape index (κ1) is 15.3. The molecule has 1 amide bonds. The Bertz CT molecular complexity index is 587. The number of aryl methyl sites for hydroxylation is 1. The summed E-state index contributed by atoms with van der Waals surface area (Å²) in [7, 11) is 1.57. The van der Waals surface area contributed by atoms with Crippen LogP contribution < -0.4 is 10.1 Å². The highest BCUT2D eigenvalue weighted by Crippen LogP contribution is 2.25. The molecule has 1 heterocycles. The Morgan fingerprint density at radius 2 is 2.29 bits per heavy atom. The Morgan fingerprint density at radius 1 is 1.43 bits per heavy atom. The first-order chi connectivity index (χ1) is 10.2. The third-order valence-corrected chi connectivity index (χ3v) is 3.30. The minimum absolute atomic E-state index is 0.00135. The van der Waals surface area contributed by atoms with E-state index in [1.54, 1.807) is 13.2 Å². The van der Waals surface area contributed by atoms with E-state index in [1.165, 1.54) is 6.33 Å². The van der Waals surface area contributed by atoms with Crippen LogP contribution in [-0.2, 0) is 17.6 Å². The second-order valence-corrected chi connectivity index (χ2v) is 4.91. The summed E-state index contributed by atoms with van der Waals surface area (Å²) in [4.78, 5) is 15.7. The van der Waals surface area contributed by atoms with Crippen molar-refractivity contribution in [2.45, 2.75) is 19.3 Å². The van der Waals surface area contributed by atoms with E-state index < -0.39 is 0 Å². The second-order valence-electron chi connectivity index (χ2n) is 4.50. The summed E-state index contributed by atoms with van der Waals surface area (Å²) in [6.45, 7) is 0.539. The van der Waals surface area contributed by atoms with Gasteiger partial charge < -0.3 is 10.1 Å². The summed E-state index contributed by atoms with van der Waals surface area (Å²) < 4.78 is 5.09. The molecule has 7 heteroatoms. The van der Waals surface area contributed by atoms with Crippen LogP contribution in [0.15, 0.2) is 24.5 Å². The monoisotopic (exact) mass is 308 g/mol. The molecule has 2 N–H and O–H groups in total. The quantitative estimate of drug-likeness (QED) is 0.817. The molecule has 0 bridgehead atoms. The SMILES string of the molecule is COc1ccc(CCC(=O)NCCc2ncn[nH]2)cc1Cl. The molecular formula is C14H17ClN4O2. The maximum absolute atomic E-state index is 11.7. The van der Waals surface area contributed by atoms with E-state index in [4.69, 9.17) is 16.3 Å². The number of carbonyl (C=O) groups excluding carboxylic acids is 1. The number of amides is 1. The third-order valence-electron chi connectivity index (χ3n) is 3.01. The maximum atomic E-state index is 11.7. The van der Waals surface area contributed by atoms with Crippen molar-refractivity contribution >= 4 is 17.5 Å². The van der Waals surface area contributed by atoms with E-state index in [0.29, 0.717) is 36.6 Å². The maximum Gasteiger partial charge on any atom is 0.220 e. The average Bonchev–Trinajstić information content (AvgIpc) is 2.98. The van der Waals surface area contributed by atoms with Crippen LogP contribution in [0, 0.1) is 0 Å². The number of nitrogens with one attached hydrogen (secondary N) is 2. The minimum atomic E-state index is 0.00135. The molecule has 1 aromatic carbocycles. The Morgan fingerprint density at radius 3 is 2.95 bits per heavy atom. The van der Waals surface area contributed by atoms with Gasteiger partial charge in [-0.1, -0.05) is 17.7 Å². The number of hydrogen-bond acceptors (Lipinski definition) is 4. The van der Waals surface area contributed by atoms with Crippen molar-refractivity contribution < 1.29 is 9.53 Å². The van der Waals surface area contributed by atoms with Gasteiger partial charge in [0, 0.05) is 19.4 Å². The largest absolute Gasteiger partial charge is 0.495 e. The molecule has 0 unspecified atom stereocenters. The van der Waals surface area contributed by atoms with Crippen molar-refractivity contribution in [1.82, 2.24) is 20.5 Å². The standard InChI is InChI=1S/C14H17ClN4O2/c1-21-12-4-2-10(8-11(12)15)3-5-14(20)16-7-6-13-17-9-18-19-13/h2,4,8-9H,3,5-7H2,1H3,(H,16,20)(H,17,18,19). The van der Waals surface area contributed by atoms with Gasteiger partial charge in [-0.15, -0.1) is 0 Å².